The average Bonchev–Trinajstić information content (AvgIpc) is 2.23. The van der Waals surface area contributed by atoms with Crippen LogP contribution < -0.4 is 5.32 Å². The Balaban J connectivity index is 2.37. The predicted molar refractivity (Wildman–Crippen MR) is 45.5 cm³/mol. The van der Waals surface area contributed by atoms with E-state index in [9.17, 15) is 4.79 Å². The molecule has 2 nitrogen and oxygen atoms in total. The molecule has 2 fully saturated rings. The molecule has 4 atom stereocenters. The molecule has 0 spiro atoms. The second-order valence-corrected chi connectivity index (χ2v) is 4.75. The first-order valence-electron chi connectivity index (χ1n) is 3.66. The van der Waals surface area contributed by atoms with Gasteiger partial charge in [-0.25, -0.2) is 0 Å². The number of piperidine rings is 1. The van der Waals surface area contributed by atoms with Crippen molar-refractivity contribution in [2.75, 3.05) is 0 Å². The SMILES string of the molecule is [2H][C@@]12NC(=O)[C@@H](C[C@@H]1Br)[C@H]2Br. The third kappa shape index (κ3) is 0.780. The van der Waals surface area contributed by atoms with Gasteiger partial charge in [-0.05, 0) is 6.42 Å². The minimum absolute atomic E-state index is 0.0116. The van der Waals surface area contributed by atoms with Crippen LogP contribution in [0.1, 0.15) is 7.79 Å². The number of amides is 1. The zero-order valence-corrected chi connectivity index (χ0v) is 8.28. The largest absolute Gasteiger partial charge is 0.351 e. The molecule has 2 bridgehead atoms. The Bertz CT molecular complexity index is 225. The summed E-state index contributed by atoms with van der Waals surface area (Å²) >= 11 is 6.75. The van der Waals surface area contributed by atoms with E-state index in [0.29, 0.717) is 0 Å². The minimum atomic E-state index is -0.818. The lowest BCUT2D eigenvalue weighted by atomic mass is 10.1. The molecule has 4 heteroatoms. The maximum atomic E-state index is 11.1. The van der Waals surface area contributed by atoms with Crippen LogP contribution >= 0.6 is 31.9 Å². The zero-order chi connectivity index (χ0) is 8.22. The molecule has 1 saturated heterocycles. The molecule has 10 heavy (non-hydrogen) atoms. The monoisotopic (exact) mass is 268 g/mol. The van der Waals surface area contributed by atoms with Crippen LogP contribution in [0, 0.1) is 5.92 Å². The van der Waals surface area contributed by atoms with E-state index < -0.39 is 6.02 Å². The minimum Gasteiger partial charge on any atom is -0.351 e. The van der Waals surface area contributed by atoms with Gasteiger partial charge in [0.25, 0.3) is 0 Å². The number of fused-ring (bicyclic) bond motifs is 2. The molecule has 2 rings (SSSR count). The van der Waals surface area contributed by atoms with Gasteiger partial charge in [0, 0.05) is 9.65 Å². The molecular formula is C6H7Br2NO. The lowest BCUT2D eigenvalue weighted by molar-refractivity contribution is -0.123. The molecule has 0 aromatic rings. The maximum Gasteiger partial charge on any atom is 0.224 e. The Hall–Kier alpha value is 0.430. The first-order valence-corrected chi connectivity index (χ1v) is 4.99. The summed E-state index contributed by atoms with van der Waals surface area (Å²) in [4.78, 5) is 11.2. The summed E-state index contributed by atoms with van der Waals surface area (Å²) in [6, 6.07) is -0.818. The van der Waals surface area contributed by atoms with Crippen LogP contribution in [0.4, 0.5) is 0 Å². The quantitative estimate of drug-likeness (QED) is 0.654. The van der Waals surface area contributed by atoms with E-state index in [2.05, 4.69) is 37.2 Å². The molecular weight excluding hydrogens is 262 g/mol. The van der Waals surface area contributed by atoms with E-state index in [-0.39, 0.29) is 21.5 Å². The van der Waals surface area contributed by atoms with Gasteiger partial charge in [-0.3, -0.25) is 4.79 Å². The normalized spacial score (nSPS) is 60.4. The van der Waals surface area contributed by atoms with Crippen LogP contribution in [0.25, 0.3) is 0 Å². The van der Waals surface area contributed by atoms with Crippen molar-refractivity contribution >= 4 is 37.8 Å². The molecule has 1 amide bonds. The van der Waals surface area contributed by atoms with Gasteiger partial charge < -0.3 is 5.32 Å². The number of carbonyl (C=O) groups is 1. The van der Waals surface area contributed by atoms with E-state index >= 15 is 0 Å². The van der Waals surface area contributed by atoms with Gasteiger partial charge in [0.1, 0.15) is 0 Å². The van der Waals surface area contributed by atoms with Crippen molar-refractivity contribution in [2.24, 2.45) is 5.92 Å². The standard InChI is InChI=1S/C6H7Br2NO/c7-3-1-2-4(8)5(3)9-6(2)10/h2-5H,1H2,(H,9,10)/t2-,3-,4+,5+/m0/s1/i5D. The van der Waals surface area contributed by atoms with Gasteiger partial charge in [0.05, 0.1) is 13.3 Å². The number of hydrogen-bond donors (Lipinski definition) is 1. The van der Waals surface area contributed by atoms with E-state index in [1.165, 1.54) is 0 Å². The molecule has 56 valence electrons. The molecule has 0 unspecified atom stereocenters. The third-order valence-corrected chi connectivity index (χ3v) is 4.05. The molecule has 0 radical (unpaired) electrons. The highest BCUT2D eigenvalue weighted by Gasteiger charge is 2.50. The van der Waals surface area contributed by atoms with Crippen LogP contribution in [0.3, 0.4) is 0 Å². The fourth-order valence-electron chi connectivity index (χ4n) is 1.48. The summed E-state index contributed by atoms with van der Waals surface area (Å²) in [5, 5.41) is 2.66. The van der Waals surface area contributed by atoms with Crippen molar-refractivity contribution in [3.63, 3.8) is 0 Å². The molecule has 1 N–H and O–H groups in total. The number of carbonyl (C=O) groups excluding carboxylic acids is 1. The lowest BCUT2D eigenvalue weighted by Gasteiger charge is -2.15. The Morgan fingerprint density at radius 1 is 1.70 bits per heavy atom. The van der Waals surface area contributed by atoms with E-state index in [4.69, 9.17) is 1.37 Å². The van der Waals surface area contributed by atoms with Crippen LogP contribution in [-0.2, 0) is 4.79 Å². The molecule has 0 aromatic carbocycles. The number of nitrogens with one attached hydrogen (secondary N) is 1. The fraction of sp³-hybridized carbons (Fsp3) is 0.833. The molecule has 1 aliphatic carbocycles. The first-order chi connectivity index (χ1) is 5.05. The van der Waals surface area contributed by atoms with Gasteiger partial charge in [-0.2, -0.15) is 0 Å². The summed E-state index contributed by atoms with van der Waals surface area (Å²) in [6.45, 7) is 0. The van der Waals surface area contributed by atoms with Gasteiger partial charge in [-0.1, -0.05) is 31.9 Å². The van der Waals surface area contributed by atoms with E-state index in [1.807, 2.05) is 0 Å². The van der Waals surface area contributed by atoms with Gasteiger partial charge in [0.15, 0.2) is 0 Å². The highest BCUT2D eigenvalue weighted by Crippen LogP contribution is 2.40. The second kappa shape index (κ2) is 2.21. The Morgan fingerprint density at radius 2 is 2.40 bits per heavy atom. The van der Waals surface area contributed by atoms with Crippen molar-refractivity contribution < 1.29 is 6.17 Å². The van der Waals surface area contributed by atoms with Crippen molar-refractivity contribution in [3.05, 3.63) is 0 Å². The van der Waals surface area contributed by atoms with Gasteiger partial charge in [0.2, 0.25) is 5.91 Å². The van der Waals surface area contributed by atoms with Crippen molar-refractivity contribution in [3.8, 4) is 0 Å². The molecule has 1 aliphatic heterocycles. The van der Waals surface area contributed by atoms with E-state index in [0.717, 1.165) is 6.42 Å². The van der Waals surface area contributed by atoms with Crippen molar-refractivity contribution in [2.45, 2.75) is 22.1 Å². The number of hydrogen-bond acceptors (Lipinski definition) is 1. The highest BCUT2D eigenvalue weighted by molar-refractivity contribution is 9.10. The smallest absolute Gasteiger partial charge is 0.224 e. The number of rotatable bonds is 0. The number of alkyl halides is 2. The van der Waals surface area contributed by atoms with E-state index in [1.54, 1.807) is 0 Å². The molecule has 2 aliphatic rings. The topological polar surface area (TPSA) is 29.1 Å². The summed E-state index contributed by atoms with van der Waals surface area (Å²) in [6.07, 6.45) is 0.769. The van der Waals surface area contributed by atoms with Crippen LogP contribution in [0.5, 0.6) is 0 Å². The van der Waals surface area contributed by atoms with Crippen LogP contribution in [0.15, 0.2) is 0 Å². The second-order valence-electron chi connectivity index (χ2n) is 2.66. The summed E-state index contributed by atoms with van der Waals surface area (Å²) in [5.41, 5.74) is 0. The lowest BCUT2D eigenvalue weighted by Crippen LogP contribution is -2.38. The molecule has 0 aromatic heterocycles. The van der Waals surface area contributed by atoms with Crippen LogP contribution in [-0.4, -0.2) is 21.6 Å². The maximum absolute atomic E-state index is 11.1. The van der Waals surface area contributed by atoms with Gasteiger partial charge >= 0.3 is 0 Å². The van der Waals surface area contributed by atoms with Crippen molar-refractivity contribution in [1.29, 1.82) is 0 Å². The summed E-state index contributed by atoms with van der Waals surface area (Å²) < 4.78 is 7.89. The molecule has 1 heterocycles. The highest BCUT2D eigenvalue weighted by atomic mass is 79.9. The zero-order valence-electron chi connectivity index (χ0n) is 6.10. The van der Waals surface area contributed by atoms with Crippen LogP contribution in [0.2, 0.25) is 0 Å². The Kier molecular flexibility index (Phi) is 1.32. The molecule has 1 saturated carbocycles. The Labute approximate surface area is 77.4 Å². The Morgan fingerprint density at radius 3 is 2.70 bits per heavy atom. The predicted octanol–water partition coefficient (Wildman–Crippen LogP) is 1.03. The fourth-order valence-corrected chi connectivity index (χ4v) is 3.53. The summed E-state index contributed by atoms with van der Waals surface area (Å²) in [7, 11) is 0. The first kappa shape index (κ1) is 6.00. The third-order valence-electron chi connectivity index (χ3n) is 2.05. The summed E-state index contributed by atoms with van der Waals surface area (Å²) in [5.74, 6) is -0.00514. The number of halogens is 2. The van der Waals surface area contributed by atoms with Crippen molar-refractivity contribution in [1.82, 2.24) is 5.32 Å². The van der Waals surface area contributed by atoms with Gasteiger partial charge in [-0.15, -0.1) is 0 Å². The average molecular weight is 270 g/mol.